The van der Waals surface area contributed by atoms with E-state index in [-0.39, 0.29) is 30.8 Å². The van der Waals surface area contributed by atoms with E-state index < -0.39 is 0 Å². The first-order valence-electron chi connectivity index (χ1n) is 11.9. The molecule has 0 bridgehead atoms. The smallest absolute Gasteiger partial charge is 0.238 e. The van der Waals surface area contributed by atoms with Gasteiger partial charge >= 0.3 is 0 Å². The maximum atomic E-state index is 13.1. The second kappa shape index (κ2) is 10.6. The third-order valence-electron chi connectivity index (χ3n) is 6.02. The van der Waals surface area contributed by atoms with E-state index >= 15 is 0 Å². The van der Waals surface area contributed by atoms with Gasteiger partial charge < -0.3 is 14.8 Å². The fraction of sp³-hybridized carbons (Fsp3) is 0.385. The monoisotopic (exact) mass is 492 g/mol. The van der Waals surface area contributed by atoms with Crippen molar-refractivity contribution in [2.45, 2.75) is 32.3 Å². The third kappa shape index (κ3) is 6.11. The molecule has 0 spiro atoms. The van der Waals surface area contributed by atoms with Gasteiger partial charge in [-0.15, -0.1) is 10.2 Å². The van der Waals surface area contributed by atoms with Crippen LogP contribution >= 0.6 is 11.3 Å². The summed E-state index contributed by atoms with van der Waals surface area (Å²) in [6, 6.07) is 13.2. The lowest BCUT2D eigenvalue weighted by atomic mass is 10.1. The van der Waals surface area contributed by atoms with Crippen LogP contribution < -0.4 is 10.1 Å². The molecule has 1 saturated carbocycles. The van der Waals surface area contributed by atoms with Crippen molar-refractivity contribution in [1.82, 2.24) is 15.1 Å². The molecule has 8 nitrogen and oxygen atoms in total. The van der Waals surface area contributed by atoms with Crippen molar-refractivity contribution in [1.29, 1.82) is 0 Å². The first kappa shape index (κ1) is 23.6. The fourth-order valence-electron chi connectivity index (χ4n) is 3.91. The second-order valence-corrected chi connectivity index (χ2v) is 9.94. The number of carbonyl (C=O) groups is 2. The van der Waals surface area contributed by atoms with E-state index in [1.165, 1.54) is 11.3 Å². The molecular weight excluding hydrogens is 464 g/mol. The molecule has 0 radical (unpaired) electrons. The number of ether oxygens (including phenoxy) is 2. The Morgan fingerprint density at radius 3 is 2.71 bits per heavy atom. The Hall–Kier alpha value is -3.14. The fourth-order valence-corrected chi connectivity index (χ4v) is 4.84. The van der Waals surface area contributed by atoms with Gasteiger partial charge in [-0.25, -0.2) is 0 Å². The van der Waals surface area contributed by atoms with Crippen molar-refractivity contribution in [3.05, 3.63) is 58.6 Å². The molecule has 2 aromatic carbocycles. The summed E-state index contributed by atoms with van der Waals surface area (Å²) in [5.74, 6) is 0.375. The van der Waals surface area contributed by atoms with Gasteiger partial charge in [0.25, 0.3) is 0 Å². The number of carbonyl (C=O) groups excluding carboxylic acids is 2. The number of nitrogens with zero attached hydrogens (tertiary/aromatic N) is 3. The molecule has 2 fully saturated rings. The highest BCUT2D eigenvalue weighted by atomic mass is 32.1. The number of amides is 1. The number of hydrogen-bond donors (Lipinski definition) is 1. The minimum atomic E-state index is -0.135. The number of anilines is 1. The summed E-state index contributed by atoms with van der Waals surface area (Å²) in [7, 11) is 0. The lowest BCUT2D eigenvalue weighted by molar-refractivity contribution is -0.118. The summed E-state index contributed by atoms with van der Waals surface area (Å²) in [6.45, 7) is 5.01. The summed E-state index contributed by atoms with van der Waals surface area (Å²) in [5, 5.41) is 12.9. The average molecular weight is 493 g/mol. The minimum Gasteiger partial charge on any atom is -0.488 e. The summed E-state index contributed by atoms with van der Waals surface area (Å²) < 4.78 is 11.3. The van der Waals surface area contributed by atoms with Gasteiger partial charge in [0.2, 0.25) is 5.91 Å². The second-order valence-electron chi connectivity index (χ2n) is 8.88. The van der Waals surface area contributed by atoms with Crippen LogP contribution in [0.1, 0.15) is 33.8 Å². The Morgan fingerprint density at radius 1 is 1.14 bits per heavy atom. The van der Waals surface area contributed by atoms with Crippen LogP contribution in [-0.4, -0.2) is 65.7 Å². The summed E-state index contributed by atoms with van der Waals surface area (Å²) in [5.41, 5.74) is 3.17. The van der Waals surface area contributed by atoms with Gasteiger partial charge in [-0.2, -0.15) is 0 Å². The molecule has 1 amide bonds. The molecule has 1 N–H and O–H groups in total. The molecule has 1 aromatic heterocycles. The van der Waals surface area contributed by atoms with E-state index in [4.69, 9.17) is 9.47 Å². The Bertz CT molecular complexity index is 1220. The number of morpholine rings is 1. The van der Waals surface area contributed by atoms with Gasteiger partial charge in [0.1, 0.15) is 15.8 Å². The molecule has 2 heterocycles. The number of nitrogens with one attached hydrogen (secondary N) is 1. The topological polar surface area (TPSA) is 93.7 Å². The average Bonchev–Trinajstić information content (AvgIpc) is 3.56. The zero-order valence-corrected chi connectivity index (χ0v) is 20.5. The summed E-state index contributed by atoms with van der Waals surface area (Å²) >= 11 is 1.42. The van der Waals surface area contributed by atoms with Crippen molar-refractivity contribution < 1.29 is 19.1 Å². The molecule has 2 aliphatic rings. The molecule has 1 aliphatic heterocycles. The number of ketones is 1. The predicted molar refractivity (Wildman–Crippen MR) is 134 cm³/mol. The molecule has 0 atom stereocenters. The van der Waals surface area contributed by atoms with Crippen molar-refractivity contribution in [3.8, 4) is 16.3 Å². The van der Waals surface area contributed by atoms with Crippen LogP contribution in [0.25, 0.3) is 10.6 Å². The molecule has 182 valence electrons. The van der Waals surface area contributed by atoms with E-state index in [1.807, 2.05) is 31.2 Å². The molecule has 0 unspecified atom stereocenters. The van der Waals surface area contributed by atoms with E-state index in [2.05, 4.69) is 20.4 Å². The quantitative estimate of drug-likeness (QED) is 0.455. The normalized spacial score (nSPS) is 16.1. The van der Waals surface area contributed by atoms with Gasteiger partial charge in [0, 0.05) is 24.2 Å². The lowest BCUT2D eigenvalue weighted by Gasteiger charge is -2.26. The molecule has 1 saturated heterocycles. The van der Waals surface area contributed by atoms with Gasteiger partial charge in [0.05, 0.1) is 38.0 Å². The van der Waals surface area contributed by atoms with Crippen LogP contribution in [-0.2, 0) is 16.0 Å². The summed E-state index contributed by atoms with van der Waals surface area (Å²) in [6.07, 6.45) is 2.32. The first-order chi connectivity index (χ1) is 17.0. The predicted octanol–water partition coefficient (Wildman–Crippen LogP) is 3.75. The summed E-state index contributed by atoms with van der Waals surface area (Å²) in [4.78, 5) is 27.9. The van der Waals surface area contributed by atoms with Crippen LogP contribution in [0, 0.1) is 6.92 Å². The van der Waals surface area contributed by atoms with Crippen molar-refractivity contribution in [2.75, 3.05) is 38.2 Å². The van der Waals surface area contributed by atoms with Crippen molar-refractivity contribution in [3.63, 3.8) is 0 Å². The van der Waals surface area contributed by atoms with Crippen LogP contribution in [0.15, 0.2) is 42.5 Å². The highest BCUT2D eigenvalue weighted by molar-refractivity contribution is 7.14. The molecular formula is C26H28N4O4S. The molecule has 1 aliphatic carbocycles. The van der Waals surface area contributed by atoms with Crippen molar-refractivity contribution >= 4 is 28.7 Å². The van der Waals surface area contributed by atoms with Gasteiger partial charge in [-0.05, 0) is 43.5 Å². The molecule has 35 heavy (non-hydrogen) atoms. The van der Waals surface area contributed by atoms with Gasteiger partial charge in [-0.1, -0.05) is 35.6 Å². The van der Waals surface area contributed by atoms with E-state index in [9.17, 15) is 9.59 Å². The number of rotatable bonds is 9. The number of aromatic nitrogens is 2. The first-order valence-corrected chi connectivity index (χ1v) is 12.7. The Morgan fingerprint density at radius 2 is 1.94 bits per heavy atom. The standard InChI is InChI=1S/C26H28N4O4S/c1-17-4-2-3-5-20(17)26-29-28-25(35-26)15-22(31)18-6-9-23(34-19-7-8-19)21(14-18)27-24(32)16-30-10-12-33-13-11-30/h2-6,9,14,19H,7-8,10-13,15-16H2,1H3,(H,27,32). The third-order valence-corrected chi connectivity index (χ3v) is 6.98. The molecule has 3 aromatic rings. The number of Topliss-reactive ketones (excluding diaryl/α,β-unsaturated/α-hetero) is 1. The highest BCUT2D eigenvalue weighted by Gasteiger charge is 2.26. The SMILES string of the molecule is Cc1ccccc1-c1nnc(CC(=O)c2ccc(OC3CC3)c(NC(=O)CN3CCOCC3)c2)s1. The zero-order valence-electron chi connectivity index (χ0n) is 19.7. The number of aryl methyl sites for hydroxylation is 1. The molecule has 9 heteroatoms. The van der Waals surface area contributed by atoms with Gasteiger partial charge in [-0.3, -0.25) is 14.5 Å². The molecule has 5 rings (SSSR count). The number of benzene rings is 2. The van der Waals surface area contributed by atoms with Gasteiger partial charge in [0.15, 0.2) is 5.78 Å². The lowest BCUT2D eigenvalue weighted by Crippen LogP contribution is -2.41. The van der Waals surface area contributed by atoms with Crippen LogP contribution in [0.3, 0.4) is 0 Å². The maximum absolute atomic E-state index is 13.1. The van der Waals surface area contributed by atoms with E-state index in [1.54, 1.807) is 18.2 Å². The minimum absolute atomic E-state index is 0.0841. The Balaban J connectivity index is 1.29. The Kier molecular flexibility index (Phi) is 7.17. The largest absolute Gasteiger partial charge is 0.488 e. The van der Waals surface area contributed by atoms with Crippen LogP contribution in [0.4, 0.5) is 5.69 Å². The van der Waals surface area contributed by atoms with E-state index in [0.29, 0.717) is 35.2 Å². The van der Waals surface area contributed by atoms with Crippen LogP contribution in [0.5, 0.6) is 5.75 Å². The van der Waals surface area contributed by atoms with E-state index in [0.717, 1.165) is 42.1 Å². The Labute approximate surface area is 208 Å². The maximum Gasteiger partial charge on any atom is 0.238 e. The number of hydrogen-bond acceptors (Lipinski definition) is 8. The highest BCUT2D eigenvalue weighted by Crippen LogP contribution is 2.33. The van der Waals surface area contributed by atoms with Crippen molar-refractivity contribution in [2.24, 2.45) is 0 Å². The zero-order chi connectivity index (χ0) is 24.2. The van der Waals surface area contributed by atoms with Crippen LogP contribution in [0.2, 0.25) is 0 Å².